The van der Waals surface area contributed by atoms with Crippen LogP contribution in [0.1, 0.15) is 21.9 Å². The van der Waals surface area contributed by atoms with Crippen LogP contribution in [0.15, 0.2) is 230 Å². The number of benzene rings is 9. The molecule has 0 aliphatic rings. The van der Waals surface area contributed by atoms with Crippen LogP contribution < -0.4 is 0 Å². The van der Waals surface area contributed by atoms with E-state index in [0.29, 0.717) is 23.0 Å². The number of aromatic nitrogens is 4. The fraction of sp³-hybridized carbons (Fsp3) is 0. The molecule has 0 aliphatic carbocycles. The third-order valence-electron chi connectivity index (χ3n) is 10.3. The number of nitrogens with zero attached hydrogens (tertiary/aromatic N) is 4. The Morgan fingerprint density at radius 1 is 0.295 bits per heavy atom. The van der Waals surface area contributed by atoms with Gasteiger partial charge in [-0.25, -0.2) is 15.0 Å². The van der Waals surface area contributed by atoms with Crippen LogP contribution in [0.2, 0.25) is 0 Å². The van der Waals surface area contributed by atoms with Gasteiger partial charge in [-0.2, -0.15) is 0 Å². The lowest BCUT2D eigenvalue weighted by atomic mass is 10.0. The first-order valence-electron chi connectivity index (χ1n) is 27.3. The van der Waals surface area contributed by atoms with Gasteiger partial charge in [0.05, 0.1) is 33.0 Å². The Bertz CT molecular complexity index is 4090. The van der Waals surface area contributed by atoms with E-state index in [4.69, 9.17) is 27.3 Å². The van der Waals surface area contributed by atoms with Gasteiger partial charge in [0.2, 0.25) is 0 Å². The Morgan fingerprint density at radius 3 is 1.21 bits per heavy atom. The van der Waals surface area contributed by atoms with Gasteiger partial charge in [-0.1, -0.05) is 206 Å². The van der Waals surface area contributed by atoms with Crippen molar-refractivity contribution in [1.82, 2.24) is 19.5 Å². The first-order valence-corrected chi connectivity index (χ1v) is 19.3. The zero-order valence-electron chi connectivity index (χ0n) is 48.0. The second kappa shape index (κ2) is 15.5. The van der Waals surface area contributed by atoms with Gasteiger partial charge >= 0.3 is 0 Å². The van der Waals surface area contributed by atoms with E-state index in [-0.39, 0.29) is 27.4 Å². The van der Waals surface area contributed by atoms with Crippen molar-refractivity contribution in [1.29, 1.82) is 0 Å². The number of para-hydroxylation sites is 1. The Balaban J connectivity index is 1.09. The van der Waals surface area contributed by atoms with Gasteiger partial charge in [-0.05, 0) is 68.7 Å². The molecule has 0 bridgehead atoms. The lowest BCUT2D eigenvalue weighted by Gasteiger charge is -2.11. The molecule has 11 aromatic rings. The van der Waals surface area contributed by atoms with Gasteiger partial charge in [-0.15, -0.1) is 0 Å². The molecule has 61 heavy (non-hydrogen) atoms. The molecule has 0 saturated carbocycles. The normalized spacial score (nSPS) is 15.0. The molecular formula is C57H38N4. The van der Waals surface area contributed by atoms with Crippen LogP contribution in [-0.2, 0) is 0 Å². The highest BCUT2D eigenvalue weighted by molar-refractivity contribution is 6.10. The zero-order valence-corrected chi connectivity index (χ0v) is 32.0. The summed E-state index contributed by atoms with van der Waals surface area (Å²) >= 11 is 0. The van der Waals surface area contributed by atoms with Crippen molar-refractivity contribution in [3.8, 4) is 84.4 Å². The van der Waals surface area contributed by atoms with Crippen LogP contribution >= 0.6 is 0 Å². The Hall–Kier alpha value is -8.21. The second-order valence-corrected chi connectivity index (χ2v) is 14.0. The number of fused-ring (bicyclic) bond motifs is 3. The van der Waals surface area contributed by atoms with Crippen molar-refractivity contribution in [2.24, 2.45) is 0 Å². The van der Waals surface area contributed by atoms with E-state index in [1.165, 1.54) is 0 Å². The summed E-state index contributed by atoms with van der Waals surface area (Å²) < 4.78 is 144. The summed E-state index contributed by atoms with van der Waals surface area (Å²) in [5.41, 5.74) is 3.62. The molecule has 0 unspecified atom stereocenters. The molecule has 4 nitrogen and oxygen atoms in total. The molecule has 0 atom stereocenters. The molecular weight excluding hydrogens is 741 g/mol. The maximum Gasteiger partial charge on any atom is 0.164 e. The van der Waals surface area contributed by atoms with Crippen LogP contribution in [0.25, 0.3) is 106 Å². The molecule has 11 rings (SSSR count). The zero-order chi connectivity index (χ0) is 54.5. The van der Waals surface area contributed by atoms with Gasteiger partial charge in [0.1, 0.15) is 0 Å². The predicted molar refractivity (Wildman–Crippen MR) is 252 cm³/mol. The van der Waals surface area contributed by atoms with Crippen molar-refractivity contribution in [3.05, 3.63) is 230 Å². The summed E-state index contributed by atoms with van der Waals surface area (Å²) in [5.74, 6) is 1.08. The number of hydrogen-bond acceptors (Lipinski definition) is 3. The Kier molecular flexibility index (Phi) is 5.80. The van der Waals surface area contributed by atoms with E-state index in [1.807, 2.05) is 109 Å². The summed E-state index contributed by atoms with van der Waals surface area (Å²) in [5, 5.41) is -0.593. The maximum atomic E-state index is 9.84. The molecule has 2 heterocycles. The Labute approximate surface area is 377 Å². The van der Waals surface area contributed by atoms with Gasteiger partial charge in [0.25, 0.3) is 0 Å². The van der Waals surface area contributed by atoms with E-state index >= 15 is 0 Å². The average Bonchev–Trinajstić information content (AvgIpc) is 3.95. The summed E-state index contributed by atoms with van der Waals surface area (Å²) in [7, 11) is 0. The van der Waals surface area contributed by atoms with Crippen molar-refractivity contribution in [2.45, 2.75) is 0 Å². The molecule has 0 saturated heterocycles. The molecule has 9 aromatic carbocycles. The molecule has 0 radical (unpaired) electrons. The third kappa shape index (κ3) is 6.96. The highest BCUT2D eigenvalue weighted by atomic mass is 15.0. The van der Waals surface area contributed by atoms with Crippen LogP contribution in [0.3, 0.4) is 0 Å². The van der Waals surface area contributed by atoms with Gasteiger partial charge in [-0.3, -0.25) is 0 Å². The largest absolute Gasteiger partial charge is 0.309 e. The van der Waals surface area contributed by atoms with E-state index in [0.717, 1.165) is 37.9 Å². The van der Waals surface area contributed by atoms with Gasteiger partial charge in [0, 0.05) is 33.2 Å². The highest BCUT2D eigenvalue weighted by Crippen LogP contribution is 2.36. The highest BCUT2D eigenvalue weighted by Gasteiger charge is 2.16. The Morgan fingerprint density at radius 2 is 0.689 bits per heavy atom. The molecule has 0 N–H and O–H groups in total. The topological polar surface area (TPSA) is 43.6 Å². The standard InChI is InChI=1S/C57H38N4/c1-4-12-39(13-5-1)42-20-26-46(27-21-42)55-58-56(47-28-22-43(23-29-47)40-14-6-2-7-15-40)60-57(59-55)48-30-24-45(25-31-48)49-34-37-52-51-18-10-11-19-53(51)61(54(52)38-49)50-35-32-44(33-36-50)41-16-8-3-9-17-41/h1-38H/i3D,8D,9D,10D,11D,16D,17D,18D,19D,32D,33D,34D,35D,36D,37D,38D. The van der Waals surface area contributed by atoms with Crippen molar-refractivity contribution >= 4 is 21.8 Å². The SMILES string of the molecule is [2H]c1c([2H])c([2H])c(-c2c([2H])c([2H])c(-n3c4c([2H])c([2H])c([2H])c([2H])c4c4c([2H])c([2H])c(-c5ccc(-c6nc(-c7ccc(-c8ccccc8)cc7)nc(-c7ccc(-c8ccccc8)cc7)n6)cc5)c([2H])c43)c([2H])c2[2H])c([2H])c1[2H]. The maximum absolute atomic E-state index is 9.84. The van der Waals surface area contributed by atoms with Gasteiger partial charge in [0.15, 0.2) is 17.5 Å². The predicted octanol–water partition coefficient (Wildman–Crippen LogP) is 14.6. The lowest BCUT2D eigenvalue weighted by molar-refractivity contribution is 1.07. The molecule has 0 fully saturated rings. The molecule has 0 spiro atoms. The van der Waals surface area contributed by atoms with Crippen molar-refractivity contribution < 1.29 is 21.9 Å². The summed E-state index contributed by atoms with van der Waals surface area (Å²) in [6.45, 7) is 0. The molecule has 2 aromatic heterocycles. The van der Waals surface area contributed by atoms with Crippen LogP contribution in [0.5, 0.6) is 0 Å². The number of rotatable bonds is 8. The third-order valence-corrected chi connectivity index (χ3v) is 10.3. The fourth-order valence-electron chi connectivity index (χ4n) is 7.23. The van der Waals surface area contributed by atoms with Crippen molar-refractivity contribution in [3.63, 3.8) is 0 Å². The summed E-state index contributed by atoms with van der Waals surface area (Å²) in [6.07, 6.45) is 0. The van der Waals surface area contributed by atoms with E-state index in [1.54, 1.807) is 24.3 Å². The fourth-order valence-corrected chi connectivity index (χ4v) is 7.23. The van der Waals surface area contributed by atoms with Crippen LogP contribution in [-0.4, -0.2) is 19.5 Å². The lowest BCUT2D eigenvalue weighted by Crippen LogP contribution is -2.00. The average molecular weight is 795 g/mol. The minimum Gasteiger partial charge on any atom is -0.309 e. The monoisotopic (exact) mass is 794 g/mol. The smallest absolute Gasteiger partial charge is 0.164 e. The van der Waals surface area contributed by atoms with E-state index in [2.05, 4.69) is 0 Å². The second-order valence-electron chi connectivity index (χ2n) is 14.0. The van der Waals surface area contributed by atoms with Crippen molar-refractivity contribution in [2.75, 3.05) is 0 Å². The minimum atomic E-state index is -0.848. The van der Waals surface area contributed by atoms with Crippen LogP contribution in [0.4, 0.5) is 0 Å². The van der Waals surface area contributed by atoms with Gasteiger partial charge < -0.3 is 4.57 Å². The molecule has 4 heteroatoms. The summed E-state index contributed by atoms with van der Waals surface area (Å²) in [6, 6.07) is 30.6. The first kappa shape index (κ1) is 22.8. The molecule has 0 amide bonds. The molecule has 286 valence electrons. The summed E-state index contributed by atoms with van der Waals surface area (Å²) in [4.78, 5) is 14.8. The first-order chi connectivity index (χ1) is 36.9. The minimum absolute atomic E-state index is 0.131. The number of hydrogen-bond donors (Lipinski definition) is 0. The molecule has 0 aliphatic heterocycles. The van der Waals surface area contributed by atoms with E-state index in [9.17, 15) is 9.60 Å². The quantitative estimate of drug-likeness (QED) is 0.154. The van der Waals surface area contributed by atoms with Crippen LogP contribution in [0, 0.1) is 0 Å². The van der Waals surface area contributed by atoms with E-state index < -0.39 is 119 Å².